The molecular formula is C21H38N+. The molecule has 0 aromatic heterocycles. The van der Waals surface area contributed by atoms with Crippen LogP contribution in [0.5, 0.6) is 0 Å². The van der Waals surface area contributed by atoms with Crippen LogP contribution in [0, 0.1) is 20.8 Å². The number of hydrogen-bond donors (Lipinski definition) is 1. The quantitative estimate of drug-likeness (QED) is 0.530. The summed E-state index contributed by atoms with van der Waals surface area (Å²) in [6.45, 7) is 10.3. The van der Waals surface area contributed by atoms with E-state index in [2.05, 4.69) is 46.9 Å². The molecule has 1 rings (SSSR count). The zero-order valence-electron chi connectivity index (χ0n) is 15.7. The van der Waals surface area contributed by atoms with Crippen LogP contribution >= 0.6 is 0 Å². The molecule has 1 N–H and O–H groups in total. The molecule has 1 atom stereocenters. The maximum atomic E-state index is 2.33. The van der Waals surface area contributed by atoms with Crippen LogP contribution in [0.4, 0.5) is 5.69 Å². The number of quaternary nitrogens is 1. The average molecular weight is 305 g/mol. The van der Waals surface area contributed by atoms with Gasteiger partial charge in [-0.25, -0.2) is 0 Å². The Morgan fingerprint density at radius 1 is 0.727 bits per heavy atom. The van der Waals surface area contributed by atoms with Crippen molar-refractivity contribution in [3.05, 3.63) is 28.8 Å². The van der Waals surface area contributed by atoms with Gasteiger partial charge in [-0.3, -0.25) is 0 Å². The SMILES string of the molecule is CCCCCCCCCCC[NH+](C)c1c(C)cc(C)cc1C. The third kappa shape index (κ3) is 6.96. The molecule has 1 heteroatoms. The van der Waals surface area contributed by atoms with Crippen LogP contribution in [0.3, 0.4) is 0 Å². The van der Waals surface area contributed by atoms with Crippen LogP contribution in [0.15, 0.2) is 12.1 Å². The summed E-state index contributed by atoms with van der Waals surface area (Å²) >= 11 is 0. The minimum Gasteiger partial charge on any atom is -0.304 e. The van der Waals surface area contributed by atoms with Gasteiger partial charge in [-0.1, -0.05) is 69.6 Å². The summed E-state index contributed by atoms with van der Waals surface area (Å²) in [6.07, 6.45) is 12.7. The maximum absolute atomic E-state index is 2.33. The van der Waals surface area contributed by atoms with E-state index in [1.165, 1.54) is 86.7 Å². The fourth-order valence-electron chi connectivity index (χ4n) is 3.68. The van der Waals surface area contributed by atoms with E-state index in [-0.39, 0.29) is 0 Å². The highest BCUT2D eigenvalue weighted by Crippen LogP contribution is 2.18. The summed E-state index contributed by atoms with van der Waals surface area (Å²) in [5.74, 6) is 0. The summed E-state index contributed by atoms with van der Waals surface area (Å²) < 4.78 is 0. The first-order valence-electron chi connectivity index (χ1n) is 9.47. The van der Waals surface area contributed by atoms with Crippen molar-refractivity contribution < 1.29 is 4.90 Å². The van der Waals surface area contributed by atoms with E-state index in [1.54, 1.807) is 4.90 Å². The lowest BCUT2D eigenvalue weighted by atomic mass is 10.0. The first-order chi connectivity index (χ1) is 10.6. The third-order valence-corrected chi connectivity index (χ3v) is 4.76. The van der Waals surface area contributed by atoms with Crippen molar-refractivity contribution in [2.45, 2.75) is 85.5 Å². The number of rotatable bonds is 11. The summed E-state index contributed by atoms with van der Waals surface area (Å²) in [7, 11) is 2.33. The summed E-state index contributed by atoms with van der Waals surface area (Å²) in [5.41, 5.74) is 5.80. The average Bonchev–Trinajstić information content (AvgIpc) is 2.44. The Hall–Kier alpha value is -0.820. The van der Waals surface area contributed by atoms with E-state index in [4.69, 9.17) is 0 Å². The molecule has 1 nitrogen and oxygen atoms in total. The normalized spacial score (nSPS) is 12.6. The molecule has 0 fully saturated rings. The van der Waals surface area contributed by atoms with Crippen LogP contribution < -0.4 is 4.90 Å². The molecule has 1 aromatic rings. The van der Waals surface area contributed by atoms with Crippen molar-refractivity contribution >= 4 is 5.69 Å². The molecule has 0 heterocycles. The van der Waals surface area contributed by atoms with E-state index in [9.17, 15) is 0 Å². The molecule has 0 bridgehead atoms. The Morgan fingerprint density at radius 2 is 1.18 bits per heavy atom. The number of hydrogen-bond acceptors (Lipinski definition) is 0. The molecule has 126 valence electrons. The largest absolute Gasteiger partial charge is 0.304 e. The number of benzene rings is 1. The lowest BCUT2D eigenvalue weighted by molar-refractivity contribution is -0.811. The van der Waals surface area contributed by atoms with Crippen molar-refractivity contribution in [3.8, 4) is 0 Å². The van der Waals surface area contributed by atoms with Crippen LogP contribution in [0.25, 0.3) is 0 Å². The van der Waals surface area contributed by atoms with Gasteiger partial charge in [-0.15, -0.1) is 0 Å². The minimum atomic E-state index is 1.26. The monoisotopic (exact) mass is 304 g/mol. The van der Waals surface area contributed by atoms with Crippen molar-refractivity contribution in [2.24, 2.45) is 0 Å². The van der Waals surface area contributed by atoms with E-state index in [0.29, 0.717) is 0 Å². The predicted molar refractivity (Wildman–Crippen MR) is 99.3 cm³/mol. The molecule has 0 aliphatic heterocycles. The van der Waals surface area contributed by atoms with Gasteiger partial charge in [-0.05, 0) is 33.6 Å². The molecule has 0 aliphatic rings. The second-order valence-corrected chi connectivity index (χ2v) is 7.13. The maximum Gasteiger partial charge on any atom is 0.136 e. The molecule has 1 aromatic carbocycles. The lowest BCUT2D eigenvalue weighted by Gasteiger charge is -2.18. The molecule has 22 heavy (non-hydrogen) atoms. The van der Waals surface area contributed by atoms with Gasteiger partial charge in [-0.2, -0.15) is 0 Å². The van der Waals surface area contributed by atoms with Gasteiger partial charge < -0.3 is 4.90 Å². The number of unbranched alkanes of at least 4 members (excludes halogenated alkanes) is 8. The van der Waals surface area contributed by atoms with Gasteiger partial charge in [0, 0.05) is 11.1 Å². The second-order valence-electron chi connectivity index (χ2n) is 7.13. The standard InChI is InChI=1S/C21H37N/c1-6-7-8-9-10-11-12-13-14-15-22(5)21-19(3)16-18(2)17-20(21)4/h16-17H,6-15H2,1-5H3/p+1. The predicted octanol–water partition coefficient (Wildman–Crippen LogP) is 5.29. The van der Waals surface area contributed by atoms with Crippen molar-refractivity contribution in [2.75, 3.05) is 13.6 Å². The molecule has 0 radical (unpaired) electrons. The van der Waals surface area contributed by atoms with E-state index in [1.807, 2.05) is 0 Å². The Morgan fingerprint density at radius 3 is 1.68 bits per heavy atom. The van der Waals surface area contributed by atoms with Crippen molar-refractivity contribution in [1.82, 2.24) is 0 Å². The van der Waals surface area contributed by atoms with Gasteiger partial charge in [0.05, 0.1) is 13.6 Å². The molecule has 0 aliphatic carbocycles. The highest BCUT2D eigenvalue weighted by atomic mass is 15.1. The van der Waals surface area contributed by atoms with Crippen LogP contribution in [0.2, 0.25) is 0 Å². The Kier molecular flexibility index (Phi) is 9.47. The zero-order chi connectivity index (χ0) is 16.4. The molecule has 0 saturated carbocycles. The van der Waals surface area contributed by atoms with Gasteiger partial charge in [0.2, 0.25) is 0 Å². The summed E-state index contributed by atoms with van der Waals surface area (Å²) in [6, 6.07) is 4.64. The summed E-state index contributed by atoms with van der Waals surface area (Å²) in [5, 5.41) is 0. The van der Waals surface area contributed by atoms with Gasteiger partial charge in [0.25, 0.3) is 0 Å². The highest BCUT2D eigenvalue weighted by molar-refractivity contribution is 5.48. The molecule has 0 saturated heterocycles. The molecule has 1 unspecified atom stereocenters. The topological polar surface area (TPSA) is 4.44 Å². The third-order valence-electron chi connectivity index (χ3n) is 4.76. The van der Waals surface area contributed by atoms with Gasteiger partial charge in [0.1, 0.15) is 5.69 Å². The highest BCUT2D eigenvalue weighted by Gasteiger charge is 2.13. The second kappa shape index (κ2) is 10.8. The van der Waals surface area contributed by atoms with Gasteiger partial charge in [0.15, 0.2) is 0 Å². The Labute approximate surface area is 139 Å². The first-order valence-corrected chi connectivity index (χ1v) is 9.47. The smallest absolute Gasteiger partial charge is 0.136 e. The first kappa shape index (κ1) is 19.2. The van der Waals surface area contributed by atoms with Crippen LogP contribution in [0.1, 0.15) is 81.4 Å². The van der Waals surface area contributed by atoms with E-state index >= 15 is 0 Å². The van der Waals surface area contributed by atoms with E-state index < -0.39 is 0 Å². The summed E-state index contributed by atoms with van der Waals surface area (Å²) in [4.78, 5) is 1.58. The Bertz CT molecular complexity index is 399. The van der Waals surface area contributed by atoms with Gasteiger partial charge >= 0.3 is 0 Å². The fourth-order valence-corrected chi connectivity index (χ4v) is 3.68. The number of nitrogens with one attached hydrogen (secondary N) is 1. The Balaban J connectivity index is 2.20. The minimum absolute atomic E-state index is 1.26. The van der Waals surface area contributed by atoms with Crippen molar-refractivity contribution in [1.29, 1.82) is 0 Å². The molecule has 0 amide bonds. The molecular weight excluding hydrogens is 266 g/mol. The van der Waals surface area contributed by atoms with Crippen LogP contribution in [-0.2, 0) is 0 Å². The fraction of sp³-hybridized carbons (Fsp3) is 0.714. The van der Waals surface area contributed by atoms with E-state index in [0.717, 1.165) is 0 Å². The van der Waals surface area contributed by atoms with Crippen molar-refractivity contribution in [3.63, 3.8) is 0 Å². The lowest BCUT2D eigenvalue weighted by Crippen LogP contribution is -3.04. The zero-order valence-corrected chi connectivity index (χ0v) is 15.7. The molecule has 0 spiro atoms. The van der Waals surface area contributed by atoms with Crippen LogP contribution in [-0.4, -0.2) is 13.6 Å². The number of aryl methyl sites for hydroxylation is 3.